The lowest BCUT2D eigenvalue weighted by Gasteiger charge is -2.39. The number of aliphatic hydroxyl groups is 3. The number of esters is 1. The highest BCUT2D eigenvalue weighted by Gasteiger charge is 2.50. The Morgan fingerprint density at radius 3 is 2.36 bits per heavy atom. The van der Waals surface area contributed by atoms with Crippen molar-refractivity contribution in [1.82, 2.24) is 9.38 Å². The first-order valence-corrected chi connectivity index (χ1v) is 19.0. The molecule has 6 rings (SSSR count). The number of amides is 1. The molecule has 0 fully saturated rings. The molecule has 0 radical (unpaired) electrons. The van der Waals surface area contributed by atoms with Gasteiger partial charge in [-0.3, -0.25) is 18.8 Å². The number of fused-ring (bicyclic) bond motifs is 2. The molecular formula is C43H51N3O12. The van der Waals surface area contributed by atoms with Crippen LogP contribution in [0.3, 0.4) is 0 Å². The first-order chi connectivity index (χ1) is 27.1. The smallest absolute Gasteiger partial charge is 0.312 e. The summed E-state index contributed by atoms with van der Waals surface area (Å²) in [7, 11) is 1.43. The van der Waals surface area contributed by atoms with Crippen LogP contribution in [-0.4, -0.2) is 95.5 Å². The summed E-state index contributed by atoms with van der Waals surface area (Å²) in [6.07, 6.45) is 3.88. The van der Waals surface area contributed by atoms with Crippen molar-refractivity contribution in [3.63, 3.8) is 0 Å². The number of allylic oxidation sites excluding steroid dienone is 2. The van der Waals surface area contributed by atoms with E-state index in [9.17, 15) is 39.9 Å². The van der Waals surface area contributed by atoms with E-state index in [1.54, 1.807) is 37.4 Å². The molecule has 0 spiro atoms. The molecule has 1 amide bonds. The number of methoxy groups -OCH3 is 1. The number of phenolic OH excluding ortho intramolecular Hbond substituents is 2. The highest BCUT2D eigenvalue weighted by molar-refractivity contribution is 6.28. The van der Waals surface area contributed by atoms with Crippen LogP contribution in [0.4, 0.5) is 5.69 Å². The number of Topliss-reactive ketones (excluding diaryl/α,β-unsaturated/α-hetero) is 1. The molecule has 58 heavy (non-hydrogen) atoms. The number of nitrogens with one attached hydrogen (secondary N) is 1. The molecule has 6 N–H and O–H groups in total. The van der Waals surface area contributed by atoms with Gasteiger partial charge < -0.3 is 49.8 Å². The molecule has 2 aliphatic rings. The summed E-state index contributed by atoms with van der Waals surface area (Å²) in [5.74, 6) is -7.25. The SMILES string of the molecule is CO[C@H]1/C=C/O[C@@]2(C)Oc3c(C)c(O)c4c(O)c(c5c(nc6cc(C)ccn65)c4c3C2=O)NC(=O)/C(C)=C\C=C\C(C)(O)[C@H](O)[C@@H](C)[C@@H](O)[C@@H](C)[C@H](OC(C)=O)[C@@H]1C. The number of ether oxygens (including phenoxy) is 4. The van der Waals surface area contributed by atoms with Crippen molar-refractivity contribution in [2.75, 3.05) is 12.4 Å². The van der Waals surface area contributed by atoms with Crippen LogP contribution in [0.5, 0.6) is 17.2 Å². The summed E-state index contributed by atoms with van der Waals surface area (Å²) in [6, 6.07) is 3.59. The molecule has 15 heteroatoms. The number of rotatable bonds is 2. The second kappa shape index (κ2) is 15.4. The van der Waals surface area contributed by atoms with Gasteiger partial charge >= 0.3 is 11.8 Å². The fourth-order valence-electron chi connectivity index (χ4n) is 8.07. The van der Waals surface area contributed by atoms with Crippen molar-refractivity contribution in [3.8, 4) is 17.2 Å². The molecule has 4 bridgehead atoms. The van der Waals surface area contributed by atoms with Gasteiger partial charge in [-0.25, -0.2) is 4.98 Å². The van der Waals surface area contributed by atoms with Crippen molar-refractivity contribution in [2.45, 2.75) is 98.1 Å². The number of aromatic nitrogens is 2. The van der Waals surface area contributed by atoms with Crippen LogP contribution in [0.1, 0.15) is 70.0 Å². The number of aromatic hydroxyl groups is 2. The second-order valence-electron chi connectivity index (χ2n) is 15.9. The normalized spacial score (nSPS) is 31.8. The van der Waals surface area contributed by atoms with Gasteiger partial charge in [-0.1, -0.05) is 39.0 Å². The Kier molecular flexibility index (Phi) is 11.2. The molecule has 2 aliphatic heterocycles. The Morgan fingerprint density at radius 2 is 1.71 bits per heavy atom. The largest absolute Gasteiger partial charge is 0.507 e. The van der Waals surface area contributed by atoms with E-state index in [-0.39, 0.29) is 49.9 Å². The van der Waals surface area contributed by atoms with E-state index < -0.39 is 82.7 Å². The Bertz CT molecular complexity index is 2430. The lowest BCUT2D eigenvalue weighted by atomic mass is 9.77. The van der Waals surface area contributed by atoms with Crippen LogP contribution in [0.2, 0.25) is 0 Å². The quantitative estimate of drug-likeness (QED) is 0.113. The average Bonchev–Trinajstić information content (AvgIpc) is 3.67. The minimum absolute atomic E-state index is 0.00655. The van der Waals surface area contributed by atoms with Gasteiger partial charge in [-0.2, -0.15) is 0 Å². The molecule has 15 nitrogen and oxygen atoms in total. The summed E-state index contributed by atoms with van der Waals surface area (Å²) in [5.41, 5.74) is -0.0692. The molecule has 0 saturated carbocycles. The highest BCUT2D eigenvalue weighted by atomic mass is 16.7. The Labute approximate surface area is 335 Å². The van der Waals surface area contributed by atoms with Gasteiger partial charge in [0.25, 0.3) is 11.7 Å². The van der Waals surface area contributed by atoms with E-state index in [1.807, 2.05) is 13.0 Å². The average molecular weight is 802 g/mol. The number of hydrogen-bond donors (Lipinski definition) is 6. The summed E-state index contributed by atoms with van der Waals surface area (Å²) >= 11 is 0. The monoisotopic (exact) mass is 801 g/mol. The molecule has 4 aromatic rings. The number of aryl methyl sites for hydroxylation is 1. The molecular weight excluding hydrogens is 750 g/mol. The first-order valence-electron chi connectivity index (χ1n) is 19.0. The third-order valence-corrected chi connectivity index (χ3v) is 11.6. The third kappa shape index (κ3) is 7.05. The number of imidazole rings is 1. The molecule has 9 atom stereocenters. The molecule has 0 saturated heterocycles. The summed E-state index contributed by atoms with van der Waals surface area (Å²) in [4.78, 5) is 45.6. The fourth-order valence-corrected chi connectivity index (χ4v) is 8.07. The Balaban J connectivity index is 1.59. The predicted octanol–water partition coefficient (Wildman–Crippen LogP) is 5.27. The van der Waals surface area contributed by atoms with Crippen LogP contribution < -0.4 is 10.1 Å². The zero-order valence-corrected chi connectivity index (χ0v) is 34.1. The number of carbonyl (C=O) groups is 3. The van der Waals surface area contributed by atoms with E-state index in [2.05, 4.69) is 5.32 Å². The Morgan fingerprint density at radius 1 is 1.02 bits per heavy atom. The maximum atomic E-state index is 14.6. The summed E-state index contributed by atoms with van der Waals surface area (Å²) in [6.45, 7) is 13.8. The molecule has 310 valence electrons. The molecule has 1 unspecified atom stereocenters. The number of ketones is 1. The lowest BCUT2D eigenvalue weighted by Crippen LogP contribution is -2.50. The highest BCUT2D eigenvalue weighted by Crippen LogP contribution is 2.54. The van der Waals surface area contributed by atoms with Crippen molar-refractivity contribution >= 4 is 50.8 Å². The predicted molar refractivity (Wildman–Crippen MR) is 215 cm³/mol. The van der Waals surface area contributed by atoms with E-state index in [4.69, 9.17) is 23.9 Å². The molecule has 2 aromatic carbocycles. The fraction of sp³-hybridized carbons (Fsp3) is 0.442. The zero-order valence-electron chi connectivity index (χ0n) is 34.1. The summed E-state index contributed by atoms with van der Waals surface area (Å²) < 4.78 is 25.4. The van der Waals surface area contributed by atoms with Gasteiger partial charge in [0.05, 0.1) is 35.5 Å². The van der Waals surface area contributed by atoms with Crippen LogP contribution >= 0.6 is 0 Å². The van der Waals surface area contributed by atoms with Crippen LogP contribution in [0, 0.1) is 31.6 Å². The number of aliphatic hydroxyl groups excluding tert-OH is 2. The van der Waals surface area contributed by atoms with Crippen molar-refractivity contribution in [3.05, 3.63) is 71.2 Å². The van der Waals surface area contributed by atoms with Gasteiger partial charge in [0.2, 0.25) is 0 Å². The molecule has 2 aromatic heterocycles. The van der Waals surface area contributed by atoms with Crippen molar-refractivity contribution in [1.29, 1.82) is 0 Å². The van der Waals surface area contributed by atoms with Crippen molar-refractivity contribution < 1.29 is 58.9 Å². The second-order valence-corrected chi connectivity index (χ2v) is 15.9. The molecule has 0 aliphatic carbocycles. The zero-order chi connectivity index (χ0) is 42.8. The number of anilines is 1. The standard InChI is InChI=1S/C43H51N3O12/c1-19-13-16-46-27(18-19)44-31-28-29-35(49)23(5)38-30(28)40(52)43(9,58-38)56-17-14-26(55-10)21(3)37(57-25(7)47)22(4)34(48)24(6)39(51)42(8,54)15-11-12-20(2)41(53)45-32(33(31)46)36(29)50/h11-18,21-22,24,26,34,37,39,48-51,54H,1-10H3,(H,45,53)/b15-11+,17-14+,20-12-/t21-,22-,24+,26+,34+,37-,39-,42?,43+/m1/s1. The number of benzene rings is 2. The van der Waals surface area contributed by atoms with Crippen molar-refractivity contribution in [2.24, 2.45) is 17.8 Å². The number of phenols is 2. The van der Waals surface area contributed by atoms with E-state index in [1.165, 1.54) is 72.3 Å². The lowest BCUT2D eigenvalue weighted by molar-refractivity contribution is -0.162. The minimum atomic E-state index is -1.99. The number of hydrogen-bond acceptors (Lipinski definition) is 13. The topological polar surface area (TPSA) is 219 Å². The van der Waals surface area contributed by atoms with E-state index in [0.717, 1.165) is 5.56 Å². The van der Waals surface area contributed by atoms with E-state index >= 15 is 0 Å². The van der Waals surface area contributed by atoms with Crippen LogP contribution in [0.25, 0.3) is 27.5 Å². The third-order valence-electron chi connectivity index (χ3n) is 11.6. The Hall–Kier alpha value is -5.48. The van der Waals surface area contributed by atoms with Gasteiger partial charge in [0, 0.05) is 61.4 Å². The van der Waals surface area contributed by atoms with Gasteiger partial charge in [0.1, 0.15) is 45.6 Å². The van der Waals surface area contributed by atoms with Crippen LogP contribution in [0.15, 0.2) is 54.5 Å². The van der Waals surface area contributed by atoms with Gasteiger partial charge in [-0.15, -0.1) is 0 Å². The van der Waals surface area contributed by atoms with Crippen LogP contribution in [-0.2, 0) is 23.8 Å². The minimum Gasteiger partial charge on any atom is -0.507 e. The number of nitrogens with zero attached hydrogens (tertiary/aromatic N) is 2. The van der Waals surface area contributed by atoms with Gasteiger partial charge in [0.15, 0.2) is 5.75 Å². The number of pyridine rings is 1. The summed E-state index contributed by atoms with van der Waals surface area (Å²) in [5, 5.41) is 60.7. The maximum absolute atomic E-state index is 14.6. The van der Waals surface area contributed by atoms with Gasteiger partial charge in [-0.05, 0) is 51.5 Å². The van der Waals surface area contributed by atoms with E-state index in [0.29, 0.717) is 5.65 Å². The number of carbonyl (C=O) groups excluding carboxylic acids is 3. The molecule has 4 heterocycles. The maximum Gasteiger partial charge on any atom is 0.312 e. The first kappa shape index (κ1) is 42.1.